The van der Waals surface area contributed by atoms with Gasteiger partial charge in [0.1, 0.15) is 18.8 Å². The van der Waals surface area contributed by atoms with E-state index in [9.17, 15) is 4.79 Å². The van der Waals surface area contributed by atoms with Crippen molar-refractivity contribution in [3.8, 4) is 17.2 Å². The lowest BCUT2D eigenvalue weighted by Gasteiger charge is -2.38. The molecule has 1 saturated carbocycles. The number of nitrogens with zero attached hydrogens (tertiary/aromatic N) is 1. The SMILES string of the molecule is COc1c(C2(N=C=O)CCC2)ccc2c1OCCO2. The summed E-state index contributed by atoms with van der Waals surface area (Å²) in [5.41, 5.74) is 0.386. The van der Waals surface area contributed by atoms with Crippen LogP contribution in [0, 0.1) is 0 Å². The van der Waals surface area contributed by atoms with Gasteiger partial charge in [0.25, 0.3) is 0 Å². The Balaban J connectivity index is 2.13. The second-order valence-corrected chi connectivity index (χ2v) is 4.76. The zero-order chi connectivity index (χ0) is 13.3. The van der Waals surface area contributed by atoms with Gasteiger partial charge in [0.2, 0.25) is 11.8 Å². The summed E-state index contributed by atoms with van der Waals surface area (Å²) in [7, 11) is 1.59. The molecular formula is C14H15NO4. The van der Waals surface area contributed by atoms with Crippen LogP contribution in [0.4, 0.5) is 0 Å². The van der Waals surface area contributed by atoms with Crippen molar-refractivity contribution in [2.24, 2.45) is 4.99 Å². The van der Waals surface area contributed by atoms with Crippen molar-refractivity contribution >= 4 is 6.08 Å². The van der Waals surface area contributed by atoms with E-state index in [1.165, 1.54) is 0 Å². The molecule has 1 fully saturated rings. The molecule has 2 aliphatic rings. The number of aliphatic imine (C=N–C) groups is 1. The molecule has 1 aliphatic heterocycles. The normalized spacial score (nSPS) is 19.0. The van der Waals surface area contributed by atoms with Crippen molar-refractivity contribution in [3.63, 3.8) is 0 Å². The summed E-state index contributed by atoms with van der Waals surface area (Å²) >= 11 is 0. The summed E-state index contributed by atoms with van der Waals surface area (Å²) in [4.78, 5) is 14.7. The molecule has 0 spiro atoms. The zero-order valence-electron chi connectivity index (χ0n) is 10.8. The molecule has 0 bridgehead atoms. The van der Waals surface area contributed by atoms with Crippen LogP contribution in [0.25, 0.3) is 0 Å². The molecular weight excluding hydrogens is 246 g/mol. The van der Waals surface area contributed by atoms with E-state index >= 15 is 0 Å². The molecule has 0 unspecified atom stereocenters. The molecule has 0 amide bonds. The largest absolute Gasteiger partial charge is 0.492 e. The minimum Gasteiger partial charge on any atom is -0.492 e. The fraction of sp³-hybridized carbons (Fsp3) is 0.500. The van der Waals surface area contributed by atoms with Crippen LogP contribution in [0.2, 0.25) is 0 Å². The summed E-state index contributed by atoms with van der Waals surface area (Å²) in [5, 5.41) is 0. The standard InChI is InChI=1S/C14H15NO4/c1-17-12-10(14(15-9-16)5-2-6-14)3-4-11-13(12)19-8-7-18-11/h3-4H,2,5-8H2,1H3. The number of hydrogen-bond donors (Lipinski definition) is 0. The average Bonchev–Trinajstić information content (AvgIpc) is 2.41. The number of isocyanates is 1. The number of methoxy groups -OCH3 is 1. The highest BCUT2D eigenvalue weighted by Gasteiger charge is 2.42. The second kappa shape index (κ2) is 4.59. The Morgan fingerprint density at radius 2 is 2.11 bits per heavy atom. The molecule has 1 aromatic carbocycles. The molecule has 0 atom stereocenters. The van der Waals surface area contributed by atoms with Gasteiger partial charge in [-0.1, -0.05) is 0 Å². The number of carbonyl (C=O) groups excluding carboxylic acids is 1. The Morgan fingerprint density at radius 1 is 1.32 bits per heavy atom. The fourth-order valence-corrected chi connectivity index (χ4v) is 2.70. The first kappa shape index (κ1) is 12.1. The van der Waals surface area contributed by atoms with E-state index in [0.29, 0.717) is 30.5 Å². The highest BCUT2D eigenvalue weighted by atomic mass is 16.6. The Labute approximate surface area is 111 Å². The molecule has 0 radical (unpaired) electrons. The molecule has 0 aromatic heterocycles. The van der Waals surface area contributed by atoms with Gasteiger partial charge in [-0.2, -0.15) is 4.99 Å². The lowest BCUT2D eigenvalue weighted by atomic mass is 9.72. The highest BCUT2D eigenvalue weighted by Crippen LogP contribution is 2.52. The Bertz CT molecular complexity index is 545. The van der Waals surface area contributed by atoms with Crippen LogP contribution in [0.1, 0.15) is 24.8 Å². The maximum Gasteiger partial charge on any atom is 0.235 e. The molecule has 1 aromatic rings. The Hall–Kier alpha value is -2.00. The molecule has 0 saturated heterocycles. The lowest BCUT2D eigenvalue weighted by molar-refractivity contribution is 0.162. The molecule has 0 N–H and O–H groups in total. The van der Waals surface area contributed by atoms with Crippen LogP contribution in [0.5, 0.6) is 17.2 Å². The van der Waals surface area contributed by atoms with Crippen LogP contribution < -0.4 is 14.2 Å². The summed E-state index contributed by atoms with van der Waals surface area (Å²) in [5.74, 6) is 1.91. The van der Waals surface area contributed by atoms with Gasteiger partial charge in [-0.05, 0) is 31.4 Å². The minimum atomic E-state index is -0.497. The van der Waals surface area contributed by atoms with Crippen LogP contribution in [-0.4, -0.2) is 26.4 Å². The topological polar surface area (TPSA) is 57.1 Å². The van der Waals surface area contributed by atoms with Crippen molar-refractivity contribution in [2.75, 3.05) is 20.3 Å². The van der Waals surface area contributed by atoms with E-state index in [2.05, 4.69) is 4.99 Å². The van der Waals surface area contributed by atoms with E-state index in [1.54, 1.807) is 13.2 Å². The fourth-order valence-electron chi connectivity index (χ4n) is 2.70. The first-order valence-electron chi connectivity index (χ1n) is 6.37. The lowest BCUT2D eigenvalue weighted by Crippen LogP contribution is -2.32. The number of rotatable bonds is 3. The first-order chi connectivity index (χ1) is 9.30. The Morgan fingerprint density at radius 3 is 2.74 bits per heavy atom. The van der Waals surface area contributed by atoms with Gasteiger partial charge < -0.3 is 14.2 Å². The second-order valence-electron chi connectivity index (χ2n) is 4.76. The zero-order valence-corrected chi connectivity index (χ0v) is 10.8. The monoisotopic (exact) mass is 261 g/mol. The van der Waals surface area contributed by atoms with Gasteiger partial charge in [0, 0.05) is 5.56 Å². The quantitative estimate of drug-likeness (QED) is 0.618. The molecule has 19 heavy (non-hydrogen) atoms. The average molecular weight is 261 g/mol. The molecule has 1 heterocycles. The maximum absolute atomic E-state index is 10.7. The van der Waals surface area contributed by atoms with Gasteiger partial charge in [0.15, 0.2) is 11.5 Å². The van der Waals surface area contributed by atoms with Crippen molar-refractivity contribution < 1.29 is 19.0 Å². The van der Waals surface area contributed by atoms with Crippen molar-refractivity contribution in [1.82, 2.24) is 0 Å². The third-order valence-electron chi connectivity index (χ3n) is 3.81. The van der Waals surface area contributed by atoms with E-state index in [0.717, 1.165) is 24.8 Å². The summed E-state index contributed by atoms with van der Waals surface area (Å²) in [6.07, 6.45) is 4.40. The van der Waals surface area contributed by atoms with Gasteiger partial charge >= 0.3 is 0 Å². The maximum atomic E-state index is 10.7. The third kappa shape index (κ3) is 1.78. The van der Waals surface area contributed by atoms with Crippen molar-refractivity contribution in [2.45, 2.75) is 24.8 Å². The predicted molar refractivity (Wildman–Crippen MR) is 67.6 cm³/mol. The van der Waals surface area contributed by atoms with Gasteiger partial charge in [-0.15, -0.1) is 0 Å². The van der Waals surface area contributed by atoms with Crippen LogP contribution in [0.3, 0.4) is 0 Å². The molecule has 3 rings (SSSR count). The highest BCUT2D eigenvalue weighted by molar-refractivity contribution is 5.59. The van der Waals surface area contributed by atoms with E-state index in [4.69, 9.17) is 14.2 Å². The summed E-state index contributed by atoms with van der Waals surface area (Å²) in [6.45, 7) is 1.03. The number of ether oxygens (including phenoxy) is 3. The van der Waals surface area contributed by atoms with Gasteiger partial charge in [-0.25, -0.2) is 4.79 Å². The summed E-state index contributed by atoms with van der Waals surface area (Å²) < 4.78 is 16.6. The van der Waals surface area contributed by atoms with Gasteiger partial charge in [-0.3, -0.25) is 0 Å². The minimum absolute atomic E-state index is 0.497. The number of fused-ring (bicyclic) bond motifs is 1. The molecule has 100 valence electrons. The molecule has 5 heteroatoms. The van der Waals surface area contributed by atoms with E-state index in [1.807, 2.05) is 12.1 Å². The van der Waals surface area contributed by atoms with Crippen LogP contribution >= 0.6 is 0 Å². The van der Waals surface area contributed by atoms with Gasteiger partial charge in [0.05, 0.1) is 7.11 Å². The van der Waals surface area contributed by atoms with E-state index in [-0.39, 0.29) is 0 Å². The van der Waals surface area contributed by atoms with Crippen LogP contribution in [0.15, 0.2) is 17.1 Å². The van der Waals surface area contributed by atoms with Crippen LogP contribution in [-0.2, 0) is 10.3 Å². The van der Waals surface area contributed by atoms with E-state index < -0.39 is 5.54 Å². The molecule has 1 aliphatic carbocycles. The Kier molecular flexibility index (Phi) is 2.91. The van der Waals surface area contributed by atoms with Crippen molar-refractivity contribution in [3.05, 3.63) is 17.7 Å². The predicted octanol–water partition coefficient (Wildman–Crippen LogP) is 2.18. The van der Waals surface area contributed by atoms with Crippen molar-refractivity contribution in [1.29, 1.82) is 0 Å². The number of benzene rings is 1. The third-order valence-corrected chi connectivity index (χ3v) is 3.81. The first-order valence-corrected chi connectivity index (χ1v) is 6.37. The molecule has 5 nitrogen and oxygen atoms in total. The number of hydrogen-bond acceptors (Lipinski definition) is 5. The smallest absolute Gasteiger partial charge is 0.235 e. The summed E-state index contributed by atoms with van der Waals surface area (Å²) in [6, 6.07) is 3.76.